The second kappa shape index (κ2) is 6.00. The molecule has 2 aromatic rings. The Bertz CT molecular complexity index is 550. The van der Waals surface area contributed by atoms with Gasteiger partial charge >= 0.3 is 0 Å². The Balaban J connectivity index is 2.00. The van der Waals surface area contributed by atoms with Crippen molar-refractivity contribution in [3.05, 3.63) is 41.8 Å². The van der Waals surface area contributed by atoms with E-state index in [1.54, 1.807) is 6.07 Å². The molecule has 0 atom stereocenters. The summed E-state index contributed by atoms with van der Waals surface area (Å²) in [7, 11) is 0. The molecule has 0 aliphatic carbocycles. The highest BCUT2D eigenvalue weighted by Gasteiger charge is 2.10. The van der Waals surface area contributed by atoms with Gasteiger partial charge < -0.3 is 14.6 Å². The fourth-order valence-electron chi connectivity index (χ4n) is 1.58. The summed E-state index contributed by atoms with van der Waals surface area (Å²) in [6.07, 6.45) is 1.23. The number of hydrogen-bond donors (Lipinski definition) is 1. The van der Waals surface area contributed by atoms with Gasteiger partial charge in [-0.25, -0.2) is 4.39 Å². The minimum atomic E-state index is -0.332. The van der Waals surface area contributed by atoms with Crippen LogP contribution in [-0.4, -0.2) is 15.7 Å². The highest BCUT2D eigenvalue weighted by atomic mass is 19.1. The summed E-state index contributed by atoms with van der Waals surface area (Å²) in [5, 5.41) is 6.93. The lowest BCUT2D eigenvalue weighted by Gasteiger charge is -2.20. The first kappa shape index (κ1) is 14.5. The summed E-state index contributed by atoms with van der Waals surface area (Å²) in [5.41, 5.74) is 0.792. The molecule has 0 saturated heterocycles. The zero-order valence-electron chi connectivity index (χ0n) is 11.8. The van der Waals surface area contributed by atoms with Gasteiger partial charge in [0.15, 0.2) is 6.61 Å². The molecule has 0 unspecified atom stereocenters. The van der Waals surface area contributed by atoms with E-state index in [1.807, 2.05) is 0 Å². The minimum Gasteiger partial charge on any atom is -0.485 e. The van der Waals surface area contributed by atoms with Crippen molar-refractivity contribution in [3.63, 3.8) is 0 Å². The number of aromatic nitrogens is 2. The molecule has 0 bridgehead atoms. The molecule has 0 fully saturated rings. The molecule has 108 valence electrons. The molecule has 1 aromatic heterocycles. The molecule has 20 heavy (non-hydrogen) atoms. The Morgan fingerprint density at radius 3 is 2.75 bits per heavy atom. The van der Waals surface area contributed by atoms with Crippen molar-refractivity contribution >= 4 is 0 Å². The topological polar surface area (TPSA) is 60.2 Å². The van der Waals surface area contributed by atoms with E-state index in [-0.39, 0.29) is 18.0 Å². The van der Waals surface area contributed by atoms with Crippen LogP contribution in [0.15, 0.2) is 29.1 Å². The second-order valence-electron chi connectivity index (χ2n) is 5.53. The van der Waals surface area contributed by atoms with Crippen LogP contribution < -0.4 is 10.1 Å². The van der Waals surface area contributed by atoms with E-state index in [0.717, 1.165) is 5.56 Å². The maximum atomic E-state index is 13.6. The highest BCUT2D eigenvalue weighted by Crippen LogP contribution is 2.18. The lowest BCUT2D eigenvalue weighted by atomic mass is 10.1. The van der Waals surface area contributed by atoms with Gasteiger partial charge in [-0.15, -0.1) is 0 Å². The maximum absolute atomic E-state index is 13.6. The summed E-state index contributed by atoms with van der Waals surface area (Å²) in [5.74, 6) is 0.533. The predicted molar refractivity (Wildman–Crippen MR) is 71.6 cm³/mol. The van der Waals surface area contributed by atoms with Crippen LogP contribution in [0.5, 0.6) is 5.75 Å². The van der Waals surface area contributed by atoms with E-state index in [9.17, 15) is 4.39 Å². The van der Waals surface area contributed by atoms with Crippen LogP contribution in [-0.2, 0) is 13.2 Å². The largest absolute Gasteiger partial charge is 0.485 e. The predicted octanol–water partition coefficient (Wildman–Crippen LogP) is 2.68. The van der Waals surface area contributed by atoms with Gasteiger partial charge in [0, 0.05) is 18.2 Å². The van der Waals surface area contributed by atoms with Crippen molar-refractivity contribution in [2.75, 3.05) is 0 Å². The molecule has 0 aliphatic rings. The van der Waals surface area contributed by atoms with Crippen LogP contribution in [0.1, 0.15) is 32.2 Å². The van der Waals surface area contributed by atoms with Crippen LogP contribution >= 0.6 is 0 Å². The Hall–Kier alpha value is -1.95. The van der Waals surface area contributed by atoms with Gasteiger partial charge in [-0.1, -0.05) is 5.16 Å². The van der Waals surface area contributed by atoms with Crippen LogP contribution in [0.2, 0.25) is 0 Å². The summed E-state index contributed by atoms with van der Waals surface area (Å²) < 4.78 is 23.6. The summed E-state index contributed by atoms with van der Waals surface area (Å²) >= 11 is 0. The quantitative estimate of drug-likeness (QED) is 0.911. The Labute approximate surface area is 117 Å². The van der Waals surface area contributed by atoms with E-state index >= 15 is 0 Å². The van der Waals surface area contributed by atoms with Gasteiger partial charge in [0.05, 0.1) is 0 Å². The first-order valence-corrected chi connectivity index (χ1v) is 6.35. The molecule has 0 radical (unpaired) electrons. The molecule has 6 heteroatoms. The Kier molecular flexibility index (Phi) is 4.34. The fraction of sp³-hybridized carbons (Fsp3) is 0.429. The van der Waals surface area contributed by atoms with Crippen LogP contribution in [0.3, 0.4) is 0 Å². The van der Waals surface area contributed by atoms with Crippen LogP contribution in [0.4, 0.5) is 4.39 Å². The standard InChI is InChI=1S/C14H18FN3O2/c1-14(2,3)17-7-10-4-11(15)6-12(5-10)19-8-13-16-9-20-18-13/h4-6,9,17H,7-8H2,1-3H3. The SMILES string of the molecule is CC(C)(C)NCc1cc(F)cc(OCc2ncon2)c1. The Morgan fingerprint density at radius 1 is 1.30 bits per heavy atom. The molecule has 5 nitrogen and oxygen atoms in total. The third kappa shape index (κ3) is 4.62. The molecule has 1 aromatic carbocycles. The zero-order chi connectivity index (χ0) is 14.6. The number of ether oxygens (including phenoxy) is 1. The normalized spacial score (nSPS) is 11.6. The van der Waals surface area contributed by atoms with Gasteiger partial charge in [0.1, 0.15) is 11.6 Å². The fourth-order valence-corrected chi connectivity index (χ4v) is 1.58. The summed E-state index contributed by atoms with van der Waals surface area (Å²) in [6, 6.07) is 4.61. The molecule has 2 rings (SSSR count). The molecule has 1 heterocycles. The van der Waals surface area contributed by atoms with Gasteiger partial charge in [0.25, 0.3) is 0 Å². The maximum Gasteiger partial charge on any atom is 0.213 e. The zero-order valence-corrected chi connectivity index (χ0v) is 11.8. The van der Waals surface area contributed by atoms with Gasteiger partial charge in [-0.05, 0) is 38.5 Å². The number of benzene rings is 1. The van der Waals surface area contributed by atoms with E-state index in [4.69, 9.17) is 4.74 Å². The van der Waals surface area contributed by atoms with Crippen molar-refractivity contribution in [3.8, 4) is 5.75 Å². The van der Waals surface area contributed by atoms with Gasteiger partial charge in [-0.3, -0.25) is 0 Å². The van der Waals surface area contributed by atoms with Gasteiger partial charge in [0.2, 0.25) is 12.2 Å². The second-order valence-corrected chi connectivity index (χ2v) is 5.53. The summed E-state index contributed by atoms with van der Waals surface area (Å²) in [4.78, 5) is 3.84. The number of nitrogens with one attached hydrogen (secondary N) is 1. The van der Waals surface area contributed by atoms with Crippen molar-refractivity contribution < 1.29 is 13.7 Å². The van der Waals surface area contributed by atoms with E-state index in [0.29, 0.717) is 18.1 Å². The average Bonchev–Trinajstić information content (AvgIpc) is 2.86. The van der Waals surface area contributed by atoms with Gasteiger partial charge in [-0.2, -0.15) is 4.98 Å². The first-order chi connectivity index (χ1) is 9.42. The van der Waals surface area contributed by atoms with Crippen molar-refractivity contribution in [2.24, 2.45) is 0 Å². The number of hydrogen-bond acceptors (Lipinski definition) is 5. The molecular weight excluding hydrogens is 261 g/mol. The van der Waals surface area contributed by atoms with Crippen LogP contribution in [0, 0.1) is 5.82 Å². The molecular formula is C14H18FN3O2. The lowest BCUT2D eigenvalue weighted by molar-refractivity contribution is 0.285. The van der Waals surface area contributed by atoms with E-state index in [2.05, 4.69) is 40.8 Å². The molecule has 0 aliphatic heterocycles. The highest BCUT2D eigenvalue weighted by molar-refractivity contribution is 5.29. The third-order valence-electron chi connectivity index (χ3n) is 2.53. The smallest absolute Gasteiger partial charge is 0.213 e. The van der Waals surface area contributed by atoms with Crippen molar-refractivity contribution in [1.82, 2.24) is 15.5 Å². The first-order valence-electron chi connectivity index (χ1n) is 6.35. The molecule has 0 amide bonds. The molecule has 1 N–H and O–H groups in total. The monoisotopic (exact) mass is 279 g/mol. The lowest BCUT2D eigenvalue weighted by Crippen LogP contribution is -2.35. The van der Waals surface area contributed by atoms with Crippen molar-refractivity contribution in [2.45, 2.75) is 39.5 Å². The molecule has 0 saturated carbocycles. The van der Waals surface area contributed by atoms with E-state index in [1.165, 1.54) is 18.5 Å². The van der Waals surface area contributed by atoms with Crippen molar-refractivity contribution in [1.29, 1.82) is 0 Å². The van der Waals surface area contributed by atoms with E-state index < -0.39 is 0 Å². The average molecular weight is 279 g/mol. The minimum absolute atomic E-state index is 0.0298. The summed E-state index contributed by atoms with van der Waals surface area (Å²) in [6.45, 7) is 6.88. The number of rotatable bonds is 5. The number of nitrogens with zero attached hydrogens (tertiary/aromatic N) is 2. The number of halogens is 1. The van der Waals surface area contributed by atoms with Crippen LogP contribution in [0.25, 0.3) is 0 Å². The Morgan fingerprint density at radius 2 is 2.10 bits per heavy atom. The third-order valence-corrected chi connectivity index (χ3v) is 2.53. The molecule has 0 spiro atoms.